The minimum absolute atomic E-state index is 0.194. The zero-order valence-electron chi connectivity index (χ0n) is 13.1. The highest BCUT2D eigenvalue weighted by molar-refractivity contribution is 6.32. The van der Waals surface area contributed by atoms with E-state index in [-0.39, 0.29) is 6.61 Å². The van der Waals surface area contributed by atoms with Gasteiger partial charge in [0.1, 0.15) is 5.82 Å². The van der Waals surface area contributed by atoms with E-state index in [4.69, 9.17) is 11.6 Å². The molecule has 0 saturated carbocycles. The molecule has 1 saturated heterocycles. The van der Waals surface area contributed by atoms with E-state index in [2.05, 4.69) is 39.0 Å². The zero-order valence-corrected chi connectivity index (χ0v) is 13.9. The molecule has 0 unspecified atom stereocenters. The number of nitrogens with zero attached hydrogens (tertiary/aromatic N) is 3. The summed E-state index contributed by atoms with van der Waals surface area (Å²) in [6.45, 7) is 3.77. The molecule has 23 heavy (non-hydrogen) atoms. The molecule has 4 nitrogen and oxygen atoms in total. The van der Waals surface area contributed by atoms with Crippen molar-refractivity contribution in [2.75, 3.05) is 31.1 Å². The minimum Gasteiger partial charge on any atom is -0.396 e. The van der Waals surface area contributed by atoms with Gasteiger partial charge in [0.25, 0.3) is 0 Å². The number of aliphatic hydroxyl groups excluding tert-OH is 1. The van der Waals surface area contributed by atoms with Crippen molar-refractivity contribution in [2.45, 2.75) is 19.0 Å². The van der Waals surface area contributed by atoms with Gasteiger partial charge in [0.2, 0.25) is 0 Å². The summed E-state index contributed by atoms with van der Waals surface area (Å²) in [4.78, 5) is 9.09. The smallest absolute Gasteiger partial charge is 0.147 e. The number of aromatic nitrogens is 1. The topological polar surface area (TPSA) is 39.6 Å². The lowest BCUT2D eigenvalue weighted by molar-refractivity contribution is 0.135. The SMILES string of the molecule is OCC[C@@H]1CN(c2ncccc2Cl)CCN1Cc1ccccc1. The number of anilines is 1. The summed E-state index contributed by atoms with van der Waals surface area (Å²) in [5.41, 5.74) is 1.31. The first kappa shape index (κ1) is 16.2. The van der Waals surface area contributed by atoms with Gasteiger partial charge >= 0.3 is 0 Å². The van der Waals surface area contributed by atoms with Gasteiger partial charge in [-0.05, 0) is 24.1 Å². The van der Waals surface area contributed by atoms with E-state index in [0.29, 0.717) is 11.1 Å². The molecule has 3 rings (SSSR count). The monoisotopic (exact) mass is 331 g/mol. The molecule has 0 bridgehead atoms. The van der Waals surface area contributed by atoms with Gasteiger partial charge in [0, 0.05) is 45.0 Å². The second-order valence-corrected chi connectivity index (χ2v) is 6.28. The van der Waals surface area contributed by atoms with Crippen LogP contribution < -0.4 is 4.90 Å². The molecule has 1 aliphatic heterocycles. The maximum absolute atomic E-state index is 9.43. The van der Waals surface area contributed by atoms with Gasteiger partial charge in [-0.25, -0.2) is 4.98 Å². The van der Waals surface area contributed by atoms with E-state index in [1.54, 1.807) is 6.20 Å². The molecule has 2 aromatic rings. The first-order chi connectivity index (χ1) is 11.3. The van der Waals surface area contributed by atoms with Gasteiger partial charge in [-0.15, -0.1) is 0 Å². The minimum atomic E-state index is 0.194. The molecule has 1 aliphatic rings. The Labute approximate surface area is 142 Å². The number of benzene rings is 1. The predicted molar refractivity (Wildman–Crippen MR) is 93.8 cm³/mol. The Morgan fingerprint density at radius 1 is 1.13 bits per heavy atom. The van der Waals surface area contributed by atoms with Crippen LogP contribution >= 0.6 is 11.6 Å². The van der Waals surface area contributed by atoms with Crippen molar-refractivity contribution in [2.24, 2.45) is 0 Å². The lowest BCUT2D eigenvalue weighted by atomic mass is 10.1. The fourth-order valence-corrected chi connectivity index (χ4v) is 3.39. The molecule has 0 radical (unpaired) electrons. The molecule has 0 aliphatic carbocycles. The number of rotatable bonds is 5. The van der Waals surface area contributed by atoms with Crippen molar-refractivity contribution >= 4 is 17.4 Å². The quantitative estimate of drug-likeness (QED) is 0.914. The number of hydrogen-bond donors (Lipinski definition) is 1. The third kappa shape index (κ3) is 4.02. The average Bonchev–Trinajstić information content (AvgIpc) is 2.58. The summed E-state index contributed by atoms with van der Waals surface area (Å²) in [6, 6.07) is 14.5. The van der Waals surface area contributed by atoms with E-state index < -0.39 is 0 Å². The Kier molecular flexibility index (Phi) is 5.49. The molecule has 1 N–H and O–H groups in total. The van der Waals surface area contributed by atoms with Gasteiger partial charge in [-0.3, -0.25) is 4.90 Å². The second kappa shape index (κ2) is 7.77. The van der Waals surface area contributed by atoms with Crippen LogP contribution in [0.3, 0.4) is 0 Å². The summed E-state index contributed by atoms with van der Waals surface area (Å²) >= 11 is 6.28. The van der Waals surface area contributed by atoms with Crippen LogP contribution in [-0.2, 0) is 6.54 Å². The number of halogens is 1. The van der Waals surface area contributed by atoms with Crippen LogP contribution in [0.25, 0.3) is 0 Å². The number of piperazine rings is 1. The predicted octanol–water partition coefficient (Wildman–Crippen LogP) is 2.81. The van der Waals surface area contributed by atoms with Gasteiger partial charge in [-0.2, -0.15) is 0 Å². The van der Waals surface area contributed by atoms with Gasteiger partial charge < -0.3 is 10.0 Å². The van der Waals surface area contributed by atoms with Crippen molar-refractivity contribution < 1.29 is 5.11 Å². The lowest BCUT2D eigenvalue weighted by Crippen LogP contribution is -2.53. The molecule has 1 aromatic heterocycles. The van der Waals surface area contributed by atoms with Crippen molar-refractivity contribution in [3.05, 3.63) is 59.2 Å². The third-order valence-electron chi connectivity index (χ3n) is 4.33. The normalized spacial score (nSPS) is 19.0. The molecule has 122 valence electrons. The first-order valence-electron chi connectivity index (χ1n) is 8.02. The molecule has 1 atom stereocenters. The molecule has 1 fully saturated rings. The van der Waals surface area contributed by atoms with E-state index in [1.807, 2.05) is 18.2 Å². The lowest BCUT2D eigenvalue weighted by Gasteiger charge is -2.42. The van der Waals surface area contributed by atoms with Crippen LogP contribution in [0, 0.1) is 0 Å². The fourth-order valence-electron chi connectivity index (χ4n) is 3.14. The van der Waals surface area contributed by atoms with Crippen LogP contribution in [0.5, 0.6) is 0 Å². The molecule has 0 spiro atoms. The van der Waals surface area contributed by atoms with Crippen molar-refractivity contribution in [3.63, 3.8) is 0 Å². The summed E-state index contributed by atoms with van der Waals surface area (Å²) in [5, 5.41) is 10.1. The van der Waals surface area contributed by atoms with Crippen LogP contribution in [0.4, 0.5) is 5.82 Å². The fraction of sp³-hybridized carbons (Fsp3) is 0.389. The standard InChI is InChI=1S/C18H22ClN3O/c19-17-7-4-9-20-18(17)22-11-10-21(16(14-22)8-12-23)13-15-5-2-1-3-6-15/h1-7,9,16,23H,8,10-14H2/t16-/m1/s1. The second-order valence-electron chi connectivity index (χ2n) is 5.88. The number of pyridine rings is 1. The van der Waals surface area contributed by atoms with E-state index in [0.717, 1.165) is 38.4 Å². The maximum Gasteiger partial charge on any atom is 0.147 e. The average molecular weight is 332 g/mol. The number of hydrogen-bond acceptors (Lipinski definition) is 4. The Balaban J connectivity index is 1.72. The highest BCUT2D eigenvalue weighted by Crippen LogP contribution is 2.26. The summed E-state index contributed by atoms with van der Waals surface area (Å²) < 4.78 is 0. The molecular formula is C18H22ClN3O. The van der Waals surface area contributed by atoms with Crippen molar-refractivity contribution in [1.29, 1.82) is 0 Å². The third-order valence-corrected chi connectivity index (χ3v) is 4.63. The molecule has 5 heteroatoms. The van der Waals surface area contributed by atoms with Crippen LogP contribution in [0.1, 0.15) is 12.0 Å². The summed E-state index contributed by atoms with van der Waals surface area (Å²) in [6.07, 6.45) is 2.53. The maximum atomic E-state index is 9.43. The van der Waals surface area contributed by atoms with Crippen LogP contribution in [0.2, 0.25) is 5.02 Å². The Morgan fingerprint density at radius 2 is 1.96 bits per heavy atom. The van der Waals surface area contributed by atoms with Gasteiger partial charge in [0.05, 0.1) is 5.02 Å². The van der Waals surface area contributed by atoms with E-state index in [1.165, 1.54) is 5.56 Å². The highest BCUT2D eigenvalue weighted by atomic mass is 35.5. The van der Waals surface area contributed by atoms with Crippen LogP contribution in [0.15, 0.2) is 48.7 Å². The molecule has 2 heterocycles. The van der Waals surface area contributed by atoms with Gasteiger partial charge in [0.15, 0.2) is 0 Å². The van der Waals surface area contributed by atoms with E-state index in [9.17, 15) is 5.11 Å². The molecule has 1 aromatic carbocycles. The van der Waals surface area contributed by atoms with Crippen LogP contribution in [-0.4, -0.2) is 47.3 Å². The van der Waals surface area contributed by atoms with E-state index >= 15 is 0 Å². The highest BCUT2D eigenvalue weighted by Gasteiger charge is 2.28. The number of aliphatic hydroxyl groups is 1. The Bertz CT molecular complexity index is 623. The molecule has 0 amide bonds. The first-order valence-corrected chi connectivity index (χ1v) is 8.40. The van der Waals surface area contributed by atoms with Gasteiger partial charge in [-0.1, -0.05) is 41.9 Å². The summed E-state index contributed by atoms with van der Waals surface area (Å²) in [5.74, 6) is 0.844. The Morgan fingerprint density at radius 3 is 2.70 bits per heavy atom. The zero-order chi connectivity index (χ0) is 16.1. The van der Waals surface area contributed by atoms with Crippen molar-refractivity contribution in [1.82, 2.24) is 9.88 Å². The van der Waals surface area contributed by atoms with Crippen molar-refractivity contribution in [3.8, 4) is 0 Å². The molecular weight excluding hydrogens is 310 g/mol. The summed E-state index contributed by atoms with van der Waals surface area (Å²) in [7, 11) is 0. The largest absolute Gasteiger partial charge is 0.396 e. The Hall–Kier alpha value is -1.62.